The largest absolute Gasteiger partial charge is 0.480 e. The third-order valence-electron chi connectivity index (χ3n) is 3.09. The number of ether oxygens (including phenoxy) is 1. The number of hydrogen-bond acceptors (Lipinski definition) is 4. The first-order valence-corrected chi connectivity index (χ1v) is 6.34. The Bertz CT molecular complexity index is 747. The molecule has 0 unspecified atom stereocenters. The van der Waals surface area contributed by atoms with Crippen LogP contribution in [0.25, 0.3) is 0 Å². The molecule has 2 amide bonds. The Kier molecular flexibility index (Phi) is 4.36. The van der Waals surface area contributed by atoms with Gasteiger partial charge in [0.15, 0.2) is 0 Å². The van der Waals surface area contributed by atoms with E-state index in [2.05, 4.69) is 10.3 Å². The van der Waals surface area contributed by atoms with Gasteiger partial charge in [0.2, 0.25) is 11.8 Å². The Morgan fingerprint density at radius 2 is 2.09 bits per heavy atom. The number of rotatable bonds is 4. The van der Waals surface area contributed by atoms with Gasteiger partial charge in [0.25, 0.3) is 5.91 Å². The summed E-state index contributed by atoms with van der Waals surface area (Å²) in [5.41, 5.74) is 5.65. The molecule has 0 aliphatic rings. The van der Waals surface area contributed by atoms with Gasteiger partial charge < -0.3 is 15.8 Å². The molecule has 0 spiro atoms. The number of carbonyl (C=O) groups is 2. The topological polar surface area (TPSA) is 94.3 Å². The van der Waals surface area contributed by atoms with Crippen molar-refractivity contribution in [2.75, 3.05) is 12.4 Å². The van der Waals surface area contributed by atoms with Gasteiger partial charge in [0.05, 0.1) is 7.11 Å². The van der Waals surface area contributed by atoms with E-state index >= 15 is 0 Å². The molecular formula is C15H14FN3O3. The summed E-state index contributed by atoms with van der Waals surface area (Å²) in [4.78, 5) is 27.4. The molecule has 0 aliphatic heterocycles. The van der Waals surface area contributed by atoms with Crippen LogP contribution < -0.4 is 15.8 Å². The molecule has 3 N–H and O–H groups in total. The van der Waals surface area contributed by atoms with E-state index in [1.807, 2.05) is 0 Å². The number of nitrogens with two attached hydrogens (primary N) is 1. The smallest absolute Gasteiger partial charge is 0.261 e. The number of methoxy groups -OCH3 is 1. The number of amides is 2. The van der Waals surface area contributed by atoms with Gasteiger partial charge in [0.1, 0.15) is 11.4 Å². The second-order valence-corrected chi connectivity index (χ2v) is 4.51. The SMILES string of the molecule is COc1ncccc1C(=O)Nc1cc(C(N)=O)cc(F)c1C. The number of carbonyl (C=O) groups excluding carboxylic acids is 2. The maximum Gasteiger partial charge on any atom is 0.261 e. The summed E-state index contributed by atoms with van der Waals surface area (Å²) in [6.45, 7) is 1.48. The van der Waals surface area contributed by atoms with E-state index in [0.717, 1.165) is 6.07 Å². The zero-order valence-corrected chi connectivity index (χ0v) is 12.0. The van der Waals surface area contributed by atoms with E-state index in [0.29, 0.717) is 0 Å². The first-order valence-electron chi connectivity index (χ1n) is 6.34. The van der Waals surface area contributed by atoms with Crippen LogP contribution >= 0.6 is 0 Å². The van der Waals surface area contributed by atoms with E-state index in [1.165, 1.54) is 32.4 Å². The summed E-state index contributed by atoms with van der Waals surface area (Å²) in [6, 6.07) is 5.44. The molecule has 0 radical (unpaired) electrons. The number of aromatic nitrogens is 1. The Hall–Kier alpha value is -2.96. The second-order valence-electron chi connectivity index (χ2n) is 4.51. The Balaban J connectivity index is 2.38. The highest BCUT2D eigenvalue weighted by Gasteiger charge is 2.16. The molecule has 0 aliphatic carbocycles. The Labute approximate surface area is 126 Å². The number of nitrogens with zero attached hydrogens (tertiary/aromatic N) is 1. The van der Waals surface area contributed by atoms with Crippen LogP contribution in [0.4, 0.5) is 10.1 Å². The van der Waals surface area contributed by atoms with Gasteiger partial charge in [-0.1, -0.05) is 0 Å². The molecule has 1 aromatic heterocycles. The molecule has 1 heterocycles. The highest BCUT2D eigenvalue weighted by Crippen LogP contribution is 2.23. The maximum absolute atomic E-state index is 13.8. The first kappa shape index (κ1) is 15.4. The van der Waals surface area contributed by atoms with Crippen molar-refractivity contribution in [1.29, 1.82) is 0 Å². The van der Waals surface area contributed by atoms with E-state index in [-0.39, 0.29) is 28.3 Å². The molecule has 7 heteroatoms. The minimum Gasteiger partial charge on any atom is -0.480 e. The average molecular weight is 303 g/mol. The van der Waals surface area contributed by atoms with Crippen LogP contribution in [-0.2, 0) is 0 Å². The molecule has 0 saturated carbocycles. The fourth-order valence-corrected chi connectivity index (χ4v) is 1.87. The molecule has 114 valence electrons. The number of pyridine rings is 1. The number of hydrogen-bond donors (Lipinski definition) is 2. The van der Waals surface area contributed by atoms with Crippen LogP contribution in [0.15, 0.2) is 30.5 Å². The number of nitrogens with one attached hydrogen (secondary N) is 1. The van der Waals surface area contributed by atoms with Gasteiger partial charge in [0, 0.05) is 23.0 Å². The molecule has 2 rings (SSSR count). The minimum atomic E-state index is -0.784. The van der Waals surface area contributed by atoms with Gasteiger partial charge >= 0.3 is 0 Å². The van der Waals surface area contributed by atoms with E-state index in [4.69, 9.17) is 10.5 Å². The maximum atomic E-state index is 13.8. The third kappa shape index (κ3) is 3.03. The van der Waals surface area contributed by atoms with Crippen molar-refractivity contribution in [2.24, 2.45) is 5.73 Å². The number of anilines is 1. The van der Waals surface area contributed by atoms with E-state index in [9.17, 15) is 14.0 Å². The van der Waals surface area contributed by atoms with Crippen molar-refractivity contribution >= 4 is 17.5 Å². The summed E-state index contributed by atoms with van der Waals surface area (Å²) in [5.74, 6) is -1.81. The summed E-state index contributed by atoms with van der Waals surface area (Å²) in [6.07, 6.45) is 1.48. The van der Waals surface area contributed by atoms with Crippen molar-refractivity contribution in [2.45, 2.75) is 6.92 Å². The Morgan fingerprint density at radius 1 is 1.36 bits per heavy atom. The summed E-state index contributed by atoms with van der Waals surface area (Å²) < 4.78 is 18.8. The van der Waals surface area contributed by atoms with Crippen LogP contribution in [0, 0.1) is 12.7 Å². The normalized spacial score (nSPS) is 10.1. The van der Waals surface area contributed by atoms with Crippen LogP contribution in [-0.4, -0.2) is 23.9 Å². The lowest BCUT2D eigenvalue weighted by molar-refractivity contribution is 0.0995. The zero-order chi connectivity index (χ0) is 16.3. The predicted octanol–water partition coefficient (Wildman–Crippen LogP) is 1.89. The average Bonchev–Trinajstić information content (AvgIpc) is 2.51. The van der Waals surface area contributed by atoms with Crippen molar-refractivity contribution in [3.63, 3.8) is 0 Å². The lowest BCUT2D eigenvalue weighted by Crippen LogP contribution is -2.17. The molecule has 0 bridgehead atoms. The fraction of sp³-hybridized carbons (Fsp3) is 0.133. The molecular weight excluding hydrogens is 289 g/mol. The van der Waals surface area contributed by atoms with Crippen molar-refractivity contribution in [1.82, 2.24) is 4.98 Å². The standard InChI is InChI=1S/C15H14FN3O3/c1-8-11(16)6-9(13(17)20)7-12(8)19-14(21)10-4-3-5-18-15(10)22-2/h3-7H,1-2H3,(H2,17,20)(H,19,21). The molecule has 6 nitrogen and oxygen atoms in total. The monoisotopic (exact) mass is 303 g/mol. The quantitative estimate of drug-likeness (QED) is 0.901. The third-order valence-corrected chi connectivity index (χ3v) is 3.09. The number of halogens is 1. The van der Waals surface area contributed by atoms with Crippen LogP contribution in [0.1, 0.15) is 26.3 Å². The lowest BCUT2D eigenvalue weighted by Gasteiger charge is -2.12. The van der Waals surface area contributed by atoms with E-state index < -0.39 is 17.6 Å². The fourth-order valence-electron chi connectivity index (χ4n) is 1.87. The van der Waals surface area contributed by atoms with Gasteiger partial charge in [-0.15, -0.1) is 0 Å². The van der Waals surface area contributed by atoms with Crippen molar-refractivity contribution in [3.8, 4) is 5.88 Å². The minimum absolute atomic E-state index is 0.0310. The van der Waals surface area contributed by atoms with Crippen LogP contribution in [0.5, 0.6) is 5.88 Å². The summed E-state index contributed by atoms with van der Waals surface area (Å²) >= 11 is 0. The van der Waals surface area contributed by atoms with Gasteiger partial charge in [-0.3, -0.25) is 9.59 Å². The van der Waals surface area contributed by atoms with Crippen LogP contribution in [0.3, 0.4) is 0 Å². The summed E-state index contributed by atoms with van der Waals surface area (Å²) in [7, 11) is 1.39. The number of primary amides is 1. The van der Waals surface area contributed by atoms with Gasteiger partial charge in [-0.2, -0.15) is 0 Å². The van der Waals surface area contributed by atoms with Gasteiger partial charge in [-0.25, -0.2) is 9.37 Å². The molecule has 0 atom stereocenters. The number of benzene rings is 1. The zero-order valence-electron chi connectivity index (χ0n) is 12.0. The molecule has 22 heavy (non-hydrogen) atoms. The van der Waals surface area contributed by atoms with Crippen molar-refractivity contribution in [3.05, 3.63) is 53.0 Å². The Morgan fingerprint density at radius 3 is 2.73 bits per heavy atom. The van der Waals surface area contributed by atoms with Crippen molar-refractivity contribution < 1.29 is 18.7 Å². The highest BCUT2D eigenvalue weighted by molar-refractivity contribution is 6.06. The predicted molar refractivity (Wildman–Crippen MR) is 78.4 cm³/mol. The lowest BCUT2D eigenvalue weighted by atomic mass is 10.1. The summed E-state index contributed by atoms with van der Waals surface area (Å²) in [5, 5.41) is 2.53. The highest BCUT2D eigenvalue weighted by atomic mass is 19.1. The molecule has 0 saturated heterocycles. The van der Waals surface area contributed by atoms with Crippen LogP contribution in [0.2, 0.25) is 0 Å². The molecule has 2 aromatic rings. The van der Waals surface area contributed by atoms with Gasteiger partial charge in [-0.05, 0) is 31.2 Å². The molecule has 0 fully saturated rings. The second kappa shape index (κ2) is 6.21. The molecule has 1 aromatic carbocycles. The first-order chi connectivity index (χ1) is 10.4. The van der Waals surface area contributed by atoms with E-state index in [1.54, 1.807) is 6.07 Å².